The van der Waals surface area contributed by atoms with Crippen molar-refractivity contribution in [1.29, 1.82) is 21.0 Å². The van der Waals surface area contributed by atoms with Gasteiger partial charge in [0.05, 0.1) is 69.9 Å². The van der Waals surface area contributed by atoms with Gasteiger partial charge in [0.2, 0.25) is 0 Å². The van der Waals surface area contributed by atoms with Gasteiger partial charge in [0.15, 0.2) is 11.4 Å². The number of benzene rings is 8. The van der Waals surface area contributed by atoms with Crippen molar-refractivity contribution >= 4 is 55.0 Å². The molecule has 8 heteroatoms. The van der Waals surface area contributed by atoms with Crippen LogP contribution >= 0.6 is 0 Å². The van der Waals surface area contributed by atoms with Gasteiger partial charge in [0, 0.05) is 32.7 Å². The smallest absolute Gasteiger partial charge is 0.189 e. The Balaban J connectivity index is 1.18. The van der Waals surface area contributed by atoms with Gasteiger partial charge < -0.3 is 9.13 Å². The second-order valence-electron chi connectivity index (χ2n) is 14.8. The van der Waals surface area contributed by atoms with Crippen molar-refractivity contribution in [2.75, 3.05) is 0 Å². The zero-order valence-corrected chi connectivity index (χ0v) is 32.6. The monoisotopic (exact) mass is 786 g/mol. The number of hydrogen-bond donors (Lipinski definition) is 0. The number of nitrogens with zero attached hydrogens (tertiary/aromatic N) is 8. The fourth-order valence-corrected chi connectivity index (χ4v) is 8.61. The summed E-state index contributed by atoms with van der Waals surface area (Å²) >= 11 is 0. The normalized spacial score (nSPS) is 10.8. The van der Waals surface area contributed by atoms with Crippen LogP contribution in [0.5, 0.6) is 0 Å². The molecule has 0 saturated carbocycles. The van der Waals surface area contributed by atoms with E-state index in [0.717, 1.165) is 77.0 Å². The molecule has 0 amide bonds. The lowest BCUT2D eigenvalue weighted by atomic mass is 9.99. The standard InChI is InChI=1S/C54H26N8/c1-59-43-21-33(29-55)19-41(23-43)37-15-17-47-45-7-3-5-9-49(45)61(53(47)27-37)51-25-35(11-13-39(51)31-57)36-12-14-40(32-58)52(26-36)62-50-10-6-4-8-46(50)48-18-16-38(28-54(48)62)42-20-34(30-56)22-44(24-42)60-2/h3-28H. The minimum Gasteiger partial charge on any atom is -0.308 e. The summed E-state index contributed by atoms with van der Waals surface area (Å²) in [6.45, 7) is 15.2. The van der Waals surface area contributed by atoms with Crippen molar-refractivity contribution < 1.29 is 0 Å². The SMILES string of the molecule is [C-]#[N+]c1cc(C#N)cc(-c2ccc3c4ccccc4n(-c4cc(-c5ccc(C#N)c(-n6c7ccccc7c7ccc(-c8cc(C#N)cc([N+]#[C-])c8)cc76)c5)ccc4C#N)c3c2)c1. The van der Waals surface area contributed by atoms with Crippen molar-refractivity contribution in [2.45, 2.75) is 0 Å². The molecule has 0 saturated heterocycles. The predicted molar refractivity (Wildman–Crippen MR) is 243 cm³/mol. The highest BCUT2D eigenvalue weighted by Gasteiger charge is 2.20. The molecule has 8 aromatic carbocycles. The molecule has 0 unspecified atom stereocenters. The third-order valence-electron chi connectivity index (χ3n) is 11.4. The van der Waals surface area contributed by atoms with E-state index in [0.29, 0.717) is 45.0 Å². The Labute approximate surface area is 355 Å². The first-order valence-corrected chi connectivity index (χ1v) is 19.5. The second-order valence-corrected chi connectivity index (χ2v) is 14.8. The summed E-state index contributed by atoms with van der Waals surface area (Å²) in [4.78, 5) is 7.20. The quantitative estimate of drug-likeness (QED) is 0.162. The Morgan fingerprint density at radius 3 is 1.15 bits per heavy atom. The fourth-order valence-electron chi connectivity index (χ4n) is 8.61. The maximum absolute atomic E-state index is 10.6. The zero-order valence-electron chi connectivity index (χ0n) is 32.6. The third kappa shape index (κ3) is 5.87. The summed E-state index contributed by atoms with van der Waals surface area (Å²) in [5.74, 6) is 0. The van der Waals surface area contributed by atoms with Crippen LogP contribution in [-0.4, -0.2) is 9.13 Å². The lowest BCUT2D eigenvalue weighted by Crippen LogP contribution is -2.00. The van der Waals surface area contributed by atoms with Crippen LogP contribution in [-0.2, 0) is 0 Å². The lowest BCUT2D eigenvalue weighted by molar-refractivity contribution is 1.16. The number of hydrogen-bond acceptors (Lipinski definition) is 4. The van der Waals surface area contributed by atoms with Gasteiger partial charge in [-0.25, -0.2) is 9.69 Å². The van der Waals surface area contributed by atoms with Gasteiger partial charge >= 0.3 is 0 Å². The summed E-state index contributed by atoms with van der Waals surface area (Å²) in [6.07, 6.45) is 0. The van der Waals surface area contributed by atoms with E-state index in [2.05, 4.69) is 55.2 Å². The molecule has 0 bridgehead atoms. The molecule has 10 rings (SSSR count). The zero-order chi connectivity index (χ0) is 42.5. The second kappa shape index (κ2) is 14.6. The van der Waals surface area contributed by atoms with E-state index in [1.54, 1.807) is 36.4 Å². The molecule has 0 aliphatic heterocycles. The third-order valence-corrected chi connectivity index (χ3v) is 11.4. The Morgan fingerprint density at radius 1 is 0.355 bits per heavy atom. The predicted octanol–water partition coefficient (Wildman–Crippen LogP) is 13.5. The average Bonchev–Trinajstić information content (AvgIpc) is 3.85. The number of fused-ring (bicyclic) bond motifs is 6. The van der Waals surface area contributed by atoms with Crippen LogP contribution < -0.4 is 0 Å². The fraction of sp³-hybridized carbons (Fsp3) is 0. The summed E-state index contributed by atoms with van der Waals surface area (Å²) < 4.78 is 4.19. The van der Waals surface area contributed by atoms with Crippen LogP contribution in [0.3, 0.4) is 0 Å². The molecule has 0 aliphatic rings. The van der Waals surface area contributed by atoms with Gasteiger partial charge in [-0.15, -0.1) is 0 Å². The minimum absolute atomic E-state index is 0.378. The van der Waals surface area contributed by atoms with Gasteiger partial charge in [-0.2, -0.15) is 21.0 Å². The van der Waals surface area contributed by atoms with Crippen molar-refractivity contribution in [3.8, 4) is 69.0 Å². The van der Waals surface area contributed by atoms with Gasteiger partial charge in [0.1, 0.15) is 12.1 Å². The molecule has 2 aromatic heterocycles. The molecule has 8 nitrogen and oxygen atoms in total. The van der Waals surface area contributed by atoms with Crippen molar-refractivity contribution in [1.82, 2.24) is 9.13 Å². The molecule has 62 heavy (non-hydrogen) atoms. The summed E-state index contributed by atoms with van der Waals surface area (Å²) in [5.41, 5.74) is 12.2. The van der Waals surface area contributed by atoms with Crippen LogP contribution in [0.25, 0.3) is 98.1 Å². The van der Waals surface area contributed by atoms with E-state index in [1.165, 1.54) is 0 Å². The van der Waals surface area contributed by atoms with E-state index < -0.39 is 0 Å². The molecule has 2 heterocycles. The molecule has 282 valence electrons. The van der Waals surface area contributed by atoms with E-state index in [1.807, 2.05) is 109 Å². The van der Waals surface area contributed by atoms with Crippen molar-refractivity contribution in [2.24, 2.45) is 0 Å². The van der Waals surface area contributed by atoms with Crippen LogP contribution in [0.4, 0.5) is 11.4 Å². The van der Waals surface area contributed by atoms with E-state index in [-0.39, 0.29) is 0 Å². The Hall–Kier alpha value is -9.70. The first-order valence-electron chi connectivity index (χ1n) is 19.5. The highest BCUT2D eigenvalue weighted by molar-refractivity contribution is 6.12. The molecule has 0 atom stereocenters. The van der Waals surface area contributed by atoms with Gasteiger partial charge in [-0.3, -0.25) is 0 Å². The number of nitriles is 4. The van der Waals surface area contributed by atoms with E-state index >= 15 is 0 Å². The highest BCUT2D eigenvalue weighted by atomic mass is 15.0. The largest absolute Gasteiger partial charge is 0.308 e. The molecule has 0 N–H and O–H groups in total. The van der Waals surface area contributed by atoms with Gasteiger partial charge in [-0.1, -0.05) is 72.8 Å². The average molecular weight is 787 g/mol. The number of para-hydroxylation sites is 2. The Morgan fingerprint density at radius 2 is 0.742 bits per heavy atom. The minimum atomic E-state index is 0.378. The Kier molecular flexibility index (Phi) is 8.62. The molecular weight excluding hydrogens is 761 g/mol. The topological polar surface area (TPSA) is 114 Å². The van der Waals surface area contributed by atoms with Crippen LogP contribution in [0.1, 0.15) is 22.3 Å². The van der Waals surface area contributed by atoms with E-state index in [9.17, 15) is 21.0 Å². The lowest BCUT2D eigenvalue weighted by Gasteiger charge is -2.15. The first-order chi connectivity index (χ1) is 30.4. The van der Waals surface area contributed by atoms with Crippen LogP contribution in [0.2, 0.25) is 0 Å². The maximum atomic E-state index is 10.6. The van der Waals surface area contributed by atoms with Crippen LogP contribution in [0.15, 0.2) is 158 Å². The molecule has 0 fully saturated rings. The maximum Gasteiger partial charge on any atom is 0.189 e. The first kappa shape index (κ1) is 36.6. The summed E-state index contributed by atoms with van der Waals surface area (Å²) in [6, 6.07) is 59.3. The van der Waals surface area contributed by atoms with E-state index in [4.69, 9.17) is 13.1 Å². The molecule has 0 spiro atoms. The summed E-state index contributed by atoms with van der Waals surface area (Å²) in [5, 5.41) is 44.6. The number of rotatable bonds is 5. The van der Waals surface area contributed by atoms with Gasteiger partial charge in [-0.05, 0) is 118 Å². The molecule has 0 aliphatic carbocycles. The van der Waals surface area contributed by atoms with Crippen LogP contribution in [0, 0.1) is 58.5 Å². The van der Waals surface area contributed by atoms with Gasteiger partial charge in [0.25, 0.3) is 0 Å². The molecule has 10 aromatic rings. The summed E-state index contributed by atoms with van der Waals surface area (Å²) in [7, 11) is 0. The van der Waals surface area contributed by atoms with Crippen molar-refractivity contribution in [3.05, 3.63) is 203 Å². The molecule has 0 radical (unpaired) electrons. The molecular formula is C54H26N8. The number of aromatic nitrogens is 2. The van der Waals surface area contributed by atoms with Crippen molar-refractivity contribution in [3.63, 3.8) is 0 Å². The Bertz CT molecular complexity index is 3520. The highest BCUT2D eigenvalue weighted by Crippen LogP contribution is 2.40.